The molecule has 154 valence electrons. The van der Waals surface area contributed by atoms with Gasteiger partial charge in [0.1, 0.15) is 0 Å². The summed E-state index contributed by atoms with van der Waals surface area (Å²) in [5.41, 5.74) is 0.551. The third-order valence-electron chi connectivity index (χ3n) is 5.52. The lowest BCUT2D eigenvalue weighted by Crippen LogP contribution is -2.47. The monoisotopic (exact) mass is 407 g/mol. The molecule has 0 bridgehead atoms. The highest BCUT2D eigenvalue weighted by Crippen LogP contribution is 2.26. The van der Waals surface area contributed by atoms with Gasteiger partial charge >= 0.3 is 0 Å². The maximum absolute atomic E-state index is 13.0. The molecule has 3 rings (SSSR count). The number of nitrogens with one attached hydrogen (secondary N) is 2. The Balaban J connectivity index is 1.64. The highest BCUT2D eigenvalue weighted by atomic mass is 32.2. The fraction of sp³-hybridized carbons (Fsp3) is 0.600. The average Bonchev–Trinajstić information content (AvgIpc) is 2.69. The van der Waals surface area contributed by atoms with E-state index in [0.29, 0.717) is 25.1 Å². The number of sulfonamides is 1. The van der Waals surface area contributed by atoms with E-state index >= 15 is 0 Å². The minimum absolute atomic E-state index is 0.0205. The number of nitrogens with zero attached hydrogens (tertiary/aromatic N) is 1. The van der Waals surface area contributed by atoms with Gasteiger partial charge in [-0.15, -0.1) is 0 Å². The van der Waals surface area contributed by atoms with Crippen molar-refractivity contribution < 1.29 is 18.0 Å². The van der Waals surface area contributed by atoms with E-state index in [2.05, 4.69) is 10.6 Å². The van der Waals surface area contributed by atoms with Crippen LogP contribution in [-0.4, -0.2) is 43.7 Å². The van der Waals surface area contributed by atoms with Crippen molar-refractivity contribution >= 4 is 27.5 Å². The number of piperidine rings is 1. The highest BCUT2D eigenvalue weighted by molar-refractivity contribution is 7.89. The van der Waals surface area contributed by atoms with Gasteiger partial charge in [0.15, 0.2) is 0 Å². The molecule has 2 amide bonds. The van der Waals surface area contributed by atoms with Crippen molar-refractivity contribution in [2.24, 2.45) is 5.92 Å². The zero-order chi connectivity index (χ0) is 20.1. The van der Waals surface area contributed by atoms with E-state index in [-0.39, 0.29) is 35.2 Å². The lowest BCUT2D eigenvalue weighted by atomic mass is 9.93. The van der Waals surface area contributed by atoms with E-state index in [1.54, 1.807) is 12.1 Å². The van der Waals surface area contributed by atoms with Crippen LogP contribution in [0.4, 0.5) is 5.69 Å². The van der Waals surface area contributed by atoms with Crippen molar-refractivity contribution in [3.05, 3.63) is 24.3 Å². The Morgan fingerprint density at radius 3 is 2.32 bits per heavy atom. The zero-order valence-corrected chi connectivity index (χ0v) is 17.1. The van der Waals surface area contributed by atoms with Crippen LogP contribution in [0.25, 0.3) is 0 Å². The minimum atomic E-state index is -3.67. The first-order valence-corrected chi connectivity index (χ1v) is 11.5. The quantitative estimate of drug-likeness (QED) is 0.784. The molecule has 1 aromatic carbocycles. The molecule has 2 fully saturated rings. The molecule has 2 aliphatic rings. The Kier molecular flexibility index (Phi) is 6.72. The van der Waals surface area contributed by atoms with Crippen molar-refractivity contribution in [2.45, 2.75) is 62.8 Å². The Morgan fingerprint density at radius 2 is 1.68 bits per heavy atom. The first-order valence-electron chi connectivity index (χ1n) is 10.0. The Hall–Kier alpha value is -1.93. The van der Waals surface area contributed by atoms with Crippen molar-refractivity contribution in [1.29, 1.82) is 0 Å². The predicted molar refractivity (Wildman–Crippen MR) is 107 cm³/mol. The standard InChI is InChI=1S/C20H29N3O4S/c1-15(24)21-18-9-11-19(12-10-18)28(26,27)23-13-5-6-16(14-23)20(25)22-17-7-3-2-4-8-17/h9-12,16-17H,2-8,13-14H2,1H3,(H,21,24)(H,22,25)/t16-/m0/s1. The average molecular weight is 408 g/mol. The molecule has 1 heterocycles. The van der Waals surface area contributed by atoms with E-state index in [0.717, 1.165) is 25.7 Å². The largest absolute Gasteiger partial charge is 0.353 e. The summed E-state index contributed by atoms with van der Waals surface area (Å²) < 4.78 is 27.4. The summed E-state index contributed by atoms with van der Waals surface area (Å²) in [5, 5.41) is 5.75. The third-order valence-corrected chi connectivity index (χ3v) is 7.40. The minimum Gasteiger partial charge on any atom is -0.353 e. The lowest BCUT2D eigenvalue weighted by molar-refractivity contribution is -0.127. The molecule has 0 spiro atoms. The number of anilines is 1. The topological polar surface area (TPSA) is 95.6 Å². The van der Waals surface area contributed by atoms with Crippen LogP contribution in [0.15, 0.2) is 29.2 Å². The van der Waals surface area contributed by atoms with Crippen LogP contribution in [0.5, 0.6) is 0 Å². The van der Waals surface area contributed by atoms with Gasteiger partial charge in [0.05, 0.1) is 10.8 Å². The van der Waals surface area contributed by atoms with Crippen LogP contribution in [0.1, 0.15) is 51.9 Å². The van der Waals surface area contributed by atoms with Gasteiger partial charge < -0.3 is 10.6 Å². The fourth-order valence-electron chi connectivity index (χ4n) is 4.00. The number of benzene rings is 1. The summed E-state index contributed by atoms with van der Waals surface area (Å²) >= 11 is 0. The van der Waals surface area contributed by atoms with Crippen molar-refractivity contribution in [1.82, 2.24) is 9.62 Å². The van der Waals surface area contributed by atoms with E-state index < -0.39 is 10.0 Å². The fourth-order valence-corrected chi connectivity index (χ4v) is 5.53. The lowest BCUT2D eigenvalue weighted by Gasteiger charge is -2.32. The molecule has 1 aromatic rings. The predicted octanol–water partition coefficient (Wildman–Crippen LogP) is 2.49. The first kappa shape index (κ1) is 20.8. The molecule has 0 aromatic heterocycles. The summed E-state index contributed by atoms with van der Waals surface area (Å²) in [5.74, 6) is -0.532. The number of amides is 2. The summed E-state index contributed by atoms with van der Waals surface area (Å²) in [4.78, 5) is 23.9. The summed E-state index contributed by atoms with van der Waals surface area (Å²) in [6.45, 7) is 2.04. The molecule has 1 aliphatic carbocycles. The molecule has 1 saturated heterocycles. The molecular formula is C20H29N3O4S. The summed E-state index contributed by atoms with van der Waals surface area (Å²) in [6, 6.07) is 6.37. The second kappa shape index (κ2) is 9.05. The molecule has 0 radical (unpaired) electrons. The van der Waals surface area contributed by atoms with Crippen LogP contribution in [0.3, 0.4) is 0 Å². The second-order valence-corrected chi connectivity index (χ2v) is 9.69. The number of hydrogen-bond donors (Lipinski definition) is 2. The molecule has 28 heavy (non-hydrogen) atoms. The molecular weight excluding hydrogens is 378 g/mol. The molecule has 1 aliphatic heterocycles. The maximum Gasteiger partial charge on any atom is 0.243 e. The molecule has 2 N–H and O–H groups in total. The number of carbonyl (C=O) groups excluding carboxylic acids is 2. The van der Waals surface area contributed by atoms with Gasteiger partial charge in [-0.1, -0.05) is 19.3 Å². The summed E-state index contributed by atoms with van der Waals surface area (Å²) in [7, 11) is -3.67. The third kappa shape index (κ3) is 5.11. The molecule has 1 atom stereocenters. The molecule has 7 nitrogen and oxygen atoms in total. The van der Waals surface area contributed by atoms with E-state index in [4.69, 9.17) is 0 Å². The van der Waals surface area contributed by atoms with Gasteiger partial charge in [0.25, 0.3) is 0 Å². The van der Waals surface area contributed by atoms with Gasteiger partial charge in [0.2, 0.25) is 21.8 Å². The number of hydrogen-bond acceptors (Lipinski definition) is 4. The zero-order valence-electron chi connectivity index (χ0n) is 16.3. The highest BCUT2D eigenvalue weighted by Gasteiger charge is 2.34. The normalized spacial score (nSPS) is 21.8. The SMILES string of the molecule is CC(=O)Nc1ccc(S(=O)(=O)N2CCC[C@H](C(=O)NC3CCCCC3)C2)cc1. The van der Waals surface area contributed by atoms with Crippen molar-refractivity contribution in [3.63, 3.8) is 0 Å². The van der Waals surface area contributed by atoms with Crippen molar-refractivity contribution in [3.8, 4) is 0 Å². The van der Waals surface area contributed by atoms with Crippen LogP contribution in [0, 0.1) is 5.92 Å². The smallest absolute Gasteiger partial charge is 0.243 e. The molecule has 8 heteroatoms. The Labute approximate surface area is 166 Å². The van der Waals surface area contributed by atoms with Gasteiger partial charge in [-0.3, -0.25) is 9.59 Å². The van der Waals surface area contributed by atoms with Crippen LogP contribution >= 0.6 is 0 Å². The van der Waals surface area contributed by atoms with E-state index in [1.807, 2.05) is 0 Å². The Bertz CT molecular complexity index is 801. The van der Waals surface area contributed by atoms with Gasteiger partial charge in [-0.05, 0) is 49.9 Å². The van der Waals surface area contributed by atoms with Crippen LogP contribution in [0.2, 0.25) is 0 Å². The van der Waals surface area contributed by atoms with Gasteiger partial charge in [-0.2, -0.15) is 4.31 Å². The van der Waals surface area contributed by atoms with Crippen molar-refractivity contribution in [2.75, 3.05) is 18.4 Å². The van der Waals surface area contributed by atoms with E-state index in [1.165, 1.54) is 29.8 Å². The van der Waals surface area contributed by atoms with E-state index in [9.17, 15) is 18.0 Å². The van der Waals surface area contributed by atoms with Crippen LogP contribution < -0.4 is 10.6 Å². The van der Waals surface area contributed by atoms with Gasteiger partial charge in [-0.25, -0.2) is 8.42 Å². The maximum atomic E-state index is 13.0. The number of carbonyl (C=O) groups is 2. The molecule has 0 unspecified atom stereocenters. The van der Waals surface area contributed by atoms with Crippen LogP contribution in [-0.2, 0) is 19.6 Å². The van der Waals surface area contributed by atoms with Gasteiger partial charge in [0, 0.05) is 31.7 Å². The second-order valence-electron chi connectivity index (χ2n) is 7.75. The number of rotatable bonds is 5. The first-order chi connectivity index (χ1) is 13.4. The summed E-state index contributed by atoms with van der Waals surface area (Å²) in [6.07, 6.45) is 6.93. The molecule has 1 saturated carbocycles. The Morgan fingerprint density at radius 1 is 1.00 bits per heavy atom.